The first-order valence-electron chi connectivity index (χ1n) is 6.74. The van der Waals surface area contributed by atoms with Crippen LogP contribution in [0.3, 0.4) is 0 Å². The molecule has 0 heterocycles. The highest BCUT2D eigenvalue weighted by Gasteiger charge is 2.09. The third-order valence-electron chi connectivity index (χ3n) is 3.01. The minimum absolute atomic E-state index is 0.323. The van der Waals surface area contributed by atoms with Crippen molar-refractivity contribution >= 4 is 29.0 Å². The molecule has 0 radical (unpaired) electrons. The van der Waals surface area contributed by atoms with Crippen molar-refractivity contribution in [1.29, 1.82) is 0 Å². The zero-order valence-corrected chi connectivity index (χ0v) is 13.3. The highest BCUT2D eigenvalue weighted by atomic mass is 32.1. The van der Waals surface area contributed by atoms with Crippen LogP contribution >= 0.6 is 12.2 Å². The quantitative estimate of drug-likeness (QED) is 0.645. The Hall–Kier alpha value is -1.62. The molecule has 0 aliphatic rings. The van der Waals surface area contributed by atoms with Gasteiger partial charge in [0.1, 0.15) is 0 Å². The number of thiocarbonyl (C=S) groups is 1. The number of carbonyl (C=O) groups is 1. The van der Waals surface area contributed by atoms with Crippen LogP contribution < -0.4 is 10.6 Å². The Bertz CT molecular complexity index is 489. The van der Waals surface area contributed by atoms with Crippen LogP contribution in [0.2, 0.25) is 0 Å². The first-order valence-corrected chi connectivity index (χ1v) is 7.15. The molecule has 0 aliphatic carbocycles. The van der Waals surface area contributed by atoms with E-state index in [1.165, 1.54) is 7.11 Å². The number of benzene rings is 1. The molecule has 0 fully saturated rings. The number of hydrogen-bond acceptors (Lipinski definition) is 3. The lowest BCUT2D eigenvalue weighted by atomic mass is 10.1. The number of nitrogens with one attached hydrogen (secondary N) is 2. The number of methoxy groups -OCH3 is 1. The first kappa shape index (κ1) is 16.4. The van der Waals surface area contributed by atoms with Gasteiger partial charge in [0.2, 0.25) is 0 Å². The van der Waals surface area contributed by atoms with E-state index in [0.717, 1.165) is 24.1 Å². The van der Waals surface area contributed by atoms with Crippen molar-refractivity contribution in [2.75, 3.05) is 12.4 Å². The number of aryl methyl sites for hydroxylation is 1. The fourth-order valence-electron chi connectivity index (χ4n) is 1.89. The monoisotopic (exact) mass is 294 g/mol. The van der Waals surface area contributed by atoms with Gasteiger partial charge in [-0.25, -0.2) is 4.79 Å². The minimum atomic E-state index is -0.355. The molecule has 110 valence electrons. The second-order valence-electron chi connectivity index (χ2n) is 4.81. The molecular formula is C15H22N2O2S. The number of esters is 1. The Balaban J connectivity index is 2.76. The second-order valence-corrected chi connectivity index (χ2v) is 5.22. The molecule has 0 unspecified atom stereocenters. The van der Waals surface area contributed by atoms with Crippen LogP contribution in [0.4, 0.5) is 5.69 Å². The zero-order valence-electron chi connectivity index (χ0n) is 12.4. The fourth-order valence-corrected chi connectivity index (χ4v) is 2.20. The van der Waals surface area contributed by atoms with Gasteiger partial charge in [-0.05, 0) is 50.2 Å². The molecule has 0 spiro atoms. The number of rotatable bonds is 5. The second kappa shape index (κ2) is 7.85. The van der Waals surface area contributed by atoms with Gasteiger partial charge in [0.25, 0.3) is 0 Å². The average molecular weight is 294 g/mol. The summed E-state index contributed by atoms with van der Waals surface area (Å²) in [7, 11) is 1.37. The summed E-state index contributed by atoms with van der Waals surface area (Å²) in [5, 5.41) is 6.92. The molecule has 0 amide bonds. The van der Waals surface area contributed by atoms with Gasteiger partial charge in [0.15, 0.2) is 5.11 Å². The molecule has 1 atom stereocenters. The third-order valence-corrected chi connectivity index (χ3v) is 3.23. The lowest BCUT2D eigenvalue weighted by Crippen LogP contribution is -2.35. The maximum Gasteiger partial charge on any atom is 0.337 e. The van der Waals surface area contributed by atoms with Crippen molar-refractivity contribution in [3.63, 3.8) is 0 Å². The number of anilines is 1. The Morgan fingerprint density at radius 3 is 2.75 bits per heavy atom. The summed E-state index contributed by atoms with van der Waals surface area (Å²) in [4.78, 5) is 11.5. The van der Waals surface area contributed by atoms with Crippen molar-refractivity contribution in [1.82, 2.24) is 5.32 Å². The Morgan fingerprint density at radius 2 is 2.15 bits per heavy atom. The molecule has 0 bridgehead atoms. The van der Waals surface area contributed by atoms with Gasteiger partial charge in [-0.3, -0.25) is 0 Å². The van der Waals surface area contributed by atoms with E-state index in [2.05, 4.69) is 24.5 Å². The van der Waals surface area contributed by atoms with Gasteiger partial charge in [-0.15, -0.1) is 0 Å². The summed E-state index contributed by atoms with van der Waals surface area (Å²) in [6.45, 7) is 6.19. The summed E-state index contributed by atoms with van der Waals surface area (Å²) in [5.41, 5.74) is 2.34. The van der Waals surface area contributed by atoms with Gasteiger partial charge in [-0.2, -0.15) is 0 Å². The van der Waals surface area contributed by atoms with Crippen LogP contribution in [-0.4, -0.2) is 24.2 Å². The molecule has 2 N–H and O–H groups in total. The van der Waals surface area contributed by atoms with Crippen molar-refractivity contribution in [3.8, 4) is 0 Å². The fraction of sp³-hybridized carbons (Fsp3) is 0.467. The van der Waals surface area contributed by atoms with Crippen LogP contribution in [0.15, 0.2) is 18.2 Å². The smallest absolute Gasteiger partial charge is 0.337 e. The molecule has 5 heteroatoms. The highest BCUT2D eigenvalue weighted by molar-refractivity contribution is 7.80. The van der Waals surface area contributed by atoms with Crippen LogP contribution in [-0.2, 0) is 4.74 Å². The largest absolute Gasteiger partial charge is 0.465 e. The summed E-state index contributed by atoms with van der Waals surface area (Å²) in [6, 6.07) is 5.68. The molecular weight excluding hydrogens is 272 g/mol. The summed E-state index contributed by atoms with van der Waals surface area (Å²) < 4.78 is 4.72. The summed E-state index contributed by atoms with van der Waals surface area (Å²) in [6.07, 6.45) is 2.16. The molecule has 4 nitrogen and oxygen atoms in total. The molecule has 0 aromatic heterocycles. The topological polar surface area (TPSA) is 50.4 Å². The van der Waals surface area contributed by atoms with Gasteiger partial charge < -0.3 is 15.4 Å². The molecule has 1 rings (SSSR count). The minimum Gasteiger partial charge on any atom is -0.465 e. The van der Waals surface area contributed by atoms with E-state index in [0.29, 0.717) is 16.7 Å². The zero-order chi connectivity index (χ0) is 15.1. The van der Waals surface area contributed by atoms with Crippen LogP contribution in [0.25, 0.3) is 0 Å². The normalized spacial score (nSPS) is 11.6. The first-order chi connectivity index (χ1) is 9.47. The van der Waals surface area contributed by atoms with Crippen LogP contribution in [0.1, 0.15) is 42.6 Å². The highest BCUT2D eigenvalue weighted by Crippen LogP contribution is 2.17. The van der Waals surface area contributed by atoms with Crippen molar-refractivity contribution < 1.29 is 9.53 Å². The van der Waals surface area contributed by atoms with E-state index >= 15 is 0 Å². The van der Waals surface area contributed by atoms with Crippen molar-refractivity contribution in [2.24, 2.45) is 0 Å². The molecule has 0 saturated heterocycles. The maximum absolute atomic E-state index is 11.5. The molecule has 0 aliphatic heterocycles. The number of ether oxygens (including phenoxy) is 1. The maximum atomic E-state index is 11.5. The van der Waals surface area contributed by atoms with E-state index < -0.39 is 0 Å². The van der Waals surface area contributed by atoms with E-state index in [-0.39, 0.29) is 5.97 Å². The van der Waals surface area contributed by atoms with E-state index in [4.69, 9.17) is 17.0 Å². The molecule has 1 aromatic rings. The summed E-state index contributed by atoms with van der Waals surface area (Å²) >= 11 is 5.29. The lowest BCUT2D eigenvalue weighted by Gasteiger charge is -2.17. The van der Waals surface area contributed by atoms with Gasteiger partial charge in [0.05, 0.1) is 12.7 Å². The van der Waals surface area contributed by atoms with Crippen LogP contribution in [0.5, 0.6) is 0 Å². The number of hydrogen-bond donors (Lipinski definition) is 2. The number of carbonyl (C=O) groups excluding carboxylic acids is 1. The average Bonchev–Trinajstić information content (AvgIpc) is 2.40. The lowest BCUT2D eigenvalue weighted by molar-refractivity contribution is 0.0601. The van der Waals surface area contributed by atoms with Crippen LogP contribution in [0, 0.1) is 6.92 Å². The van der Waals surface area contributed by atoms with E-state index in [9.17, 15) is 4.79 Å². The SMILES string of the molecule is CCC[C@@H](C)NC(=S)Nc1cc(C(=O)OC)ccc1C. The van der Waals surface area contributed by atoms with E-state index in [1.807, 2.05) is 13.0 Å². The van der Waals surface area contributed by atoms with Crippen molar-refractivity contribution in [2.45, 2.75) is 39.7 Å². The summed E-state index contributed by atoms with van der Waals surface area (Å²) in [5.74, 6) is -0.355. The van der Waals surface area contributed by atoms with Crippen molar-refractivity contribution in [3.05, 3.63) is 29.3 Å². The predicted octanol–water partition coefficient (Wildman–Crippen LogP) is 3.26. The Labute approximate surface area is 125 Å². The Morgan fingerprint density at radius 1 is 1.45 bits per heavy atom. The molecule has 20 heavy (non-hydrogen) atoms. The van der Waals surface area contributed by atoms with Gasteiger partial charge in [0, 0.05) is 11.7 Å². The standard InChI is InChI=1S/C15H22N2O2S/c1-5-6-11(3)16-15(20)17-13-9-12(14(18)19-4)8-7-10(13)2/h7-9,11H,5-6H2,1-4H3,(H2,16,17,20)/t11-/m1/s1. The third kappa shape index (κ3) is 4.81. The van der Waals surface area contributed by atoms with E-state index in [1.54, 1.807) is 12.1 Å². The molecule has 0 saturated carbocycles. The van der Waals surface area contributed by atoms with Gasteiger partial charge in [-0.1, -0.05) is 19.4 Å². The molecule has 1 aromatic carbocycles. The van der Waals surface area contributed by atoms with Gasteiger partial charge >= 0.3 is 5.97 Å². The predicted molar refractivity (Wildman–Crippen MR) is 86.2 cm³/mol. The Kier molecular flexibility index (Phi) is 6.45.